The van der Waals surface area contributed by atoms with Gasteiger partial charge in [0.15, 0.2) is 0 Å². The van der Waals surface area contributed by atoms with Gasteiger partial charge in [0.2, 0.25) is 0 Å². The molecule has 0 fully saturated rings. The Hall–Kier alpha value is -0.840. The van der Waals surface area contributed by atoms with Crippen molar-refractivity contribution in [2.24, 2.45) is 0 Å². The van der Waals surface area contributed by atoms with Gasteiger partial charge >= 0.3 is 0 Å². The zero-order chi connectivity index (χ0) is 10.7. The summed E-state index contributed by atoms with van der Waals surface area (Å²) in [5.41, 5.74) is 2.67. The van der Waals surface area contributed by atoms with Crippen LogP contribution in [-0.2, 0) is 0 Å². The number of aryl methyl sites for hydroxylation is 2. The highest BCUT2D eigenvalue weighted by molar-refractivity contribution is 5.26. The smallest absolute Gasteiger partial charge is 0.121 e. The van der Waals surface area contributed by atoms with Gasteiger partial charge in [-0.1, -0.05) is 0 Å². The molecular weight excluding hydrogens is 180 g/mol. The van der Waals surface area contributed by atoms with E-state index in [0.29, 0.717) is 12.2 Å². The zero-order valence-corrected chi connectivity index (χ0v) is 8.83. The number of hydrogen-bond donors (Lipinski definition) is 4. The Kier molecular flexibility index (Phi) is 3.69. The number of likely N-dealkylation sites (N-methyl/N-ethyl adjacent to an activating group) is 1. The molecule has 0 radical (unpaired) electrons. The van der Waals surface area contributed by atoms with Gasteiger partial charge in [-0.25, -0.2) is 0 Å². The van der Waals surface area contributed by atoms with E-state index < -0.39 is 12.2 Å². The Morgan fingerprint density at radius 2 is 2.07 bits per heavy atom. The summed E-state index contributed by atoms with van der Waals surface area (Å²) < 4.78 is 0. The van der Waals surface area contributed by atoms with Crippen molar-refractivity contribution in [2.75, 3.05) is 13.6 Å². The summed E-state index contributed by atoms with van der Waals surface area (Å²) in [5, 5.41) is 22.2. The van der Waals surface area contributed by atoms with Crippen LogP contribution >= 0.6 is 0 Å². The van der Waals surface area contributed by atoms with E-state index in [-0.39, 0.29) is 0 Å². The molecule has 0 spiro atoms. The second kappa shape index (κ2) is 4.59. The molecule has 1 rings (SSSR count). The van der Waals surface area contributed by atoms with Crippen LogP contribution in [0.4, 0.5) is 0 Å². The van der Waals surface area contributed by atoms with Gasteiger partial charge in [0, 0.05) is 17.9 Å². The molecular formula is C10H18N2O2. The van der Waals surface area contributed by atoms with Gasteiger partial charge < -0.3 is 20.5 Å². The van der Waals surface area contributed by atoms with E-state index in [4.69, 9.17) is 0 Å². The van der Waals surface area contributed by atoms with Crippen LogP contribution in [0.3, 0.4) is 0 Å². The SMILES string of the molecule is CNCC(O)C(O)c1[nH]c(C)cc1C. The minimum atomic E-state index is -0.851. The lowest BCUT2D eigenvalue weighted by atomic mass is 10.1. The molecule has 0 saturated heterocycles. The largest absolute Gasteiger partial charge is 0.389 e. The fourth-order valence-corrected chi connectivity index (χ4v) is 1.57. The lowest BCUT2D eigenvalue weighted by molar-refractivity contribution is 0.0175. The van der Waals surface area contributed by atoms with Crippen molar-refractivity contribution in [3.63, 3.8) is 0 Å². The van der Waals surface area contributed by atoms with E-state index >= 15 is 0 Å². The first-order chi connectivity index (χ1) is 6.56. The quantitative estimate of drug-likeness (QED) is 0.560. The molecule has 0 aliphatic heterocycles. The van der Waals surface area contributed by atoms with Crippen LogP contribution in [0.1, 0.15) is 23.1 Å². The molecule has 0 bridgehead atoms. The summed E-state index contributed by atoms with van der Waals surface area (Å²) in [6, 6.07) is 1.95. The molecule has 4 heteroatoms. The number of aromatic amines is 1. The van der Waals surface area contributed by atoms with E-state index in [9.17, 15) is 10.2 Å². The van der Waals surface area contributed by atoms with Crippen molar-refractivity contribution in [3.05, 3.63) is 23.0 Å². The van der Waals surface area contributed by atoms with Crippen LogP contribution in [0.15, 0.2) is 6.07 Å². The van der Waals surface area contributed by atoms with Crippen LogP contribution in [0.2, 0.25) is 0 Å². The van der Waals surface area contributed by atoms with E-state index in [1.807, 2.05) is 19.9 Å². The normalized spacial score (nSPS) is 15.5. The van der Waals surface area contributed by atoms with Crippen molar-refractivity contribution < 1.29 is 10.2 Å². The average Bonchev–Trinajstić information content (AvgIpc) is 2.44. The third kappa shape index (κ3) is 2.35. The fourth-order valence-electron chi connectivity index (χ4n) is 1.57. The van der Waals surface area contributed by atoms with Gasteiger partial charge in [-0.15, -0.1) is 0 Å². The van der Waals surface area contributed by atoms with E-state index in [2.05, 4.69) is 10.3 Å². The van der Waals surface area contributed by atoms with Crippen LogP contribution in [0, 0.1) is 13.8 Å². The number of H-pyrrole nitrogens is 1. The summed E-state index contributed by atoms with van der Waals surface area (Å²) >= 11 is 0. The number of rotatable bonds is 4. The van der Waals surface area contributed by atoms with Crippen molar-refractivity contribution in [1.82, 2.24) is 10.3 Å². The third-order valence-corrected chi connectivity index (χ3v) is 2.26. The molecule has 1 heterocycles. The highest BCUT2D eigenvalue weighted by Gasteiger charge is 2.20. The van der Waals surface area contributed by atoms with Crippen molar-refractivity contribution in [2.45, 2.75) is 26.1 Å². The predicted molar refractivity (Wildman–Crippen MR) is 55.2 cm³/mol. The molecule has 4 nitrogen and oxygen atoms in total. The molecule has 0 amide bonds. The first-order valence-electron chi connectivity index (χ1n) is 4.73. The van der Waals surface area contributed by atoms with Gasteiger partial charge in [0.25, 0.3) is 0 Å². The fraction of sp³-hybridized carbons (Fsp3) is 0.600. The van der Waals surface area contributed by atoms with Crippen LogP contribution in [0.5, 0.6) is 0 Å². The second-order valence-electron chi connectivity index (χ2n) is 3.62. The van der Waals surface area contributed by atoms with Crippen LogP contribution in [0.25, 0.3) is 0 Å². The summed E-state index contributed by atoms with van der Waals surface area (Å²) in [4.78, 5) is 3.05. The zero-order valence-electron chi connectivity index (χ0n) is 8.83. The Bertz CT molecular complexity index is 296. The first kappa shape index (κ1) is 11.2. The lowest BCUT2D eigenvalue weighted by Crippen LogP contribution is -2.30. The molecule has 0 aliphatic carbocycles. The Morgan fingerprint density at radius 1 is 1.43 bits per heavy atom. The molecule has 1 aromatic heterocycles. The average molecular weight is 198 g/mol. The lowest BCUT2D eigenvalue weighted by Gasteiger charge is -2.17. The van der Waals surface area contributed by atoms with Gasteiger partial charge in [0.1, 0.15) is 6.10 Å². The number of hydrogen-bond acceptors (Lipinski definition) is 3. The monoisotopic (exact) mass is 198 g/mol. The van der Waals surface area contributed by atoms with Gasteiger partial charge in [0.05, 0.1) is 6.10 Å². The molecule has 0 aromatic carbocycles. The molecule has 4 N–H and O–H groups in total. The van der Waals surface area contributed by atoms with Crippen molar-refractivity contribution in [1.29, 1.82) is 0 Å². The Morgan fingerprint density at radius 3 is 2.50 bits per heavy atom. The highest BCUT2D eigenvalue weighted by atomic mass is 16.3. The molecule has 1 aromatic rings. The number of nitrogens with one attached hydrogen (secondary N) is 2. The van der Waals surface area contributed by atoms with Crippen molar-refractivity contribution in [3.8, 4) is 0 Å². The molecule has 80 valence electrons. The minimum absolute atomic E-state index is 0.374. The Balaban J connectivity index is 2.77. The predicted octanol–water partition coefficient (Wildman–Crippen LogP) is 0.245. The van der Waals surface area contributed by atoms with E-state index in [1.54, 1.807) is 7.05 Å². The summed E-state index contributed by atoms with van der Waals surface area (Å²) in [5.74, 6) is 0. The summed E-state index contributed by atoms with van der Waals surface area (Å²) in [6.07, 6.45) is -1.63. The van der Waals surface area contributed by atoms with Crippen molar-refractivity contribution >= 4 is 0 Å². The Labute approximate surface area is 84.0 Å². The molecule has 0 saturated carbocycles. The van der Waals surface area contributed by atoms with Crippen LogP contribution < -0.4 is 5.32 Å². The number of aromatic nitrogens is 1. The van der Waals surface area contributed by atoms with E-state index in [1.165, 1.54) is 0 Å². The maximum absolute atomic E-state index is 9.79. The molecule has 0 aliphatic rings. The van der Waals surface area contributed by atoms with Crippen LogP contribution in [-0.4, -0.2) is 34.9 Å². The highest BCUT2D eigenvalue weighted by Crippen LogP contribution is 2.20. The standard InChI is InChI=1S/C10H18N2O2/c1-6-4-7(2)12-9(6)10(14)8(13)5-11-3/h4,8,10-14H,5H2,1-3H3. The summed E-state index contributed by atoms with van der Waals surface area (Å²) in [6.45, 7) is 4.21. The first-order valence-corrected chi connectivity index (χ1v) is 4.73. The maximum atomic E-state index is 9.79. The van der Waals surface area contributed by atoms with E-state index in [0.717, 1.165) is 11.3 Å². The van der Waals surface area contributed by atoms with Gasteiger partial charge in [-0.3, -0.25) is 0 Å². The van der Waals surface area contributed by atoms with Gasteiger partial charge in [-0.05, 0) is 32.5 Å². The number of aliphatic hydroxyl groups excluding tert-OH is 2. The number of aliphatic hydroxyl groups is 2. The minimum Gasteiger partial charge on any atom is -0.389 e. The maximum Gasteiger partial charge on any atom is 0.121 e. The molecule has 2 unspecified atom stereocenters. The van der Waals surface area contributed by atoms with Gasteiger partial charge in [-0.2, -0.15) is 0 Å². The topological polar surface area (TPSA) is 68.3 Å². The molecule has 14 heavy (non-hydrogen) atoms. The second-order valence-corrected chi connectivity index (χ2v) is 3.62. The summed E-state index contributed by atoms with van der Waals surface area (Å²) in [7, 11) is 1.74. The third-order valence-electron chi connectivity index (χ3n) is 2.26. The molecule has 2 atom stereocenters.